The van der Waals surface area contributed by atoms with Gasteiger partial charge in [0.1, 0.15) is 11.9 Å². The van der Waals surface area contributed by atoms with E-state index in [9.17, 15) is 0 Å². The maximum absolute atomic E-state index is 6.33. The van der Waals surface area contributed by atoms with E-state index < -0.39 is 0 Å². The zero-order valence-electron chi connectivity index (χ0n) is 11.5. The molecule has 20 heavy (non-hydrogen) atoms. The number of likely N-dealkylation sites (N-methyl/N-ethyl adjacent to an activating group) is 1. The number of aryl methyl sites for hydroxylation is 1. The minimum atomic E-state index is 0.233. The van der Waals surface area contributed by atoms with Crippen molar-refractivity contribution in [2.45, 2.75) is 18.9 Å². The first-order chi connectivity index (χ1) is 9.79. The average molecular weight is 288 g/mol. The second kappa shape index (κ2) is 5.86. The van der Waals surface area contributed by atoms with Gasteiger partial charge < -0.3 is 10.1 Å². The number of hydrogen-bond donors (Lipinski definition) is 1. The second-order valence-electron chi connectivity index (χ2n) is 5.11. The summed E-state index contributed by atoms with van der Waals surface area (Å²) in [5.74, 6) is 0.993. The summed E-state index contributed by atoms with van der Waals surface area (Å²) in [7, 11) is 1.96. The Bertz CT molecular complexity index is 612. The van der Waals surface area contributed by atoms with E-state index in [1.165, 1.54) is 5.56 Å². The number of rotatable bonds is 3. The zero-order chi connectivity index (χ0) is 13.9. The first-order valence-corrected chi connectivity index (χ1v) is 7.35. The monoisotopic (exact) mass is 287 g/mol. The molecule has 0 saturated carbocycles. The average Bonchev–Trinajstić information content (AvgIpc) is 2.48. The maximum atomic E-state index is 6.33. The Morgan fingerprint density at radius 2 is 1.95 bits per heavy atom. The molecule has 1 heterocycles. The number of halogens is 1. The second-order valence-corrected chi connectivity index (χ2v) is 5.52. The molecule has 2 aromatic carbocycles. The molecule has 0 saturated heterocycles. The summed E-state index contributed by atoms with van der Waals surface area (Å²) in [6.07, 6.45) is 2.34. The number of hydrogen-bond acceptors (Lipinski definition) is 2. The minimum absolute atomic E-state index is 0.233. The molecule has 0 amide bonds. The summed E-state index contributed by atoms with van der Waals surface area (Å²) in [6.45, 7) is 0.871. The molecule has 1 atom stereocenters. The quantitative estimate of drug-likeness (QED) is 0.924. The van der Waals surface area contributed by atoms with Crippen LogP contribution in [-0.4, -0.2) is 19.7 Å². The molecule has 3 rings (SSSR count). The Labute approximate surface area is 124 Å². The van der Waals surface area contributed by atoms with E-state index in [0.717, 1.165) is 41.3 Å². The summed E-state index contributed by atoms with van der Waals surface area (Å²) in [4.78, 5) is 0. The van der Waals surface area contributed by atoms with Crippen molar-refractivity contribution in [3.63, 3.8) is 0 Å². The maximum Gasteiger partial charge on any atom is 0.130 e. The van der Waals surface area contributed by atoms with Crippen molar-refractivity contribution in [2.24, 2.45) is 0 Å². The van der Waals surface area contributed by atoms with Crippen molar-refractivity contribution >= 4 is 11.6 Å². The summed E-state index contributed by atoms with van der Waals surface area (Å²) in [5, 5.41) is 3.95. The zero-order valence-corrected chi connectivity index (χ0v) is 12.3. The topological polar surface area (TPSA) is 21.3 Å². The van der Waals surface area contributed by atoms with Crippen molar-refractivity contribution in [3.05, 3.63) is 53.1 Å². The van der Waals surface area contributed by atoms with E-state index in [1.807, 2.05) is 31.3 Å². The van der Waals surface area contributed by atoms with Gasteiger partial charge in [-0.05, 0) is 31.5 Å². The van der Waals surface area contributed by atoms with Crippen LogP contribution < -0.4 is 10.1 Å². The van der Waals surface area contributed by atoms with Crippen LogP contribution in [0.5, 0.6) is 5.75 Å². The van der Waals surface area contributed by atoms with Gasteiger partial charge in [-0.1, -0.05) is 48.0 Å². The van der Waals surface area contributed by atoms with Crippen LogP contribution in [0.4, 0.5) is 0 Å². The van der Waals surface area contributed by atoms with Crippen LogP contribution in [0.3, 0.4) is 0 Å². The summed E-state index contributed by atoms with van der Waals surface area (Å²) >= 11 is 6.33. The van der Waals surface area contributed by atoms with Crippen LogP contribution >= 0.6 is 11.6 Å². The van der Waals surface area contributed by atoms with Crippen LogP contribution in [0.15, 0.2) is 42.5 Å². The Morgan fingerprint density at radius 3 is 2.75 bits per heavy atom. The molecule has 0 bridgehead atoms. The highest BCUT2D eigenvalue weighted by Crippen LogP contribution is 2.40. The molecule has 0 radical (unpaired) electrons. The molecule has 1 N–H and O–H groups in total. The van der Waals surface area contributed by atoms with Crippen molar-refractivity contribution in [2.75, 3.05) is 13.6 Å². The van der Waals surface area contributed by atoms with Crippen molar-refractivity contribution < 1.29 is 4.74 Å². The fourth-order valence-electron chi connectivity index (χ4n) is 2.73. The van der Waals surface area contributed by atoms with E-state index in [1.54, 1.807) is 0 Å². The molecule has 0 unspecified atom stereocenters. The first-order valence-electron chi connectivity index (χ1n) is 6.97. The Hall–Kier alpha value is -1.51. The van der Waals surface area contributed by atoms with Gasteiger partial charge in [-0.15, -0.1) is 0 Å². The van der Waals surface area contributed by atoms with E-state index in [2.05, 4.69) is 23.5 Å². The summed E-state index contributed by atoms with van der Waals surface area (Å²) < 4.78 is 6.19. The molecule has 3 heteroatoms. The number of nitrogens with one attached hydrogen (secondary N) is 1. The number of benzene rings is 2. The molecular formula is C17H18ClNO. The van der Waals surface area contributed by atoms with Crippen molar-refractivity contribution in [3.8, 4) is 16.9 Å². The number of ether oxygens (including phenoxy) is 1. The molecule has 0 spiro atoms. The normalized spacial score (nSPS) is 17.4. The highest BCUT2D eigenvalue weighted by molar-refractivity contribution is 6.33. The molecule has 104 valence electrons. The molecule has 2 nitrogen and oxygen atoms in total. The molecule has 0 fully saturated rings. The lowest BCUT2D eigenvalue weighted by Crippen LogP contribution is -2.32. The van der Waals surface area contributed by atoms with Crippen LogP contribution in [0, 0.1) is 0 Å². The van der Waals surface area contributed by atoms with Gasteiger partial charge in [0.05, 0.1) is 0 Å². The van der Waals surface area contributed by atoms with E-state index in [-0.39, 0.29) is 6.10 Å². The first kappa shape index (κ1) is 13.5. The van der Waals surface area contributed by atoms with Gasteiger partial charge in [-0.3, -0.25) is 0 Å². The predicted octanol–water partition coefficient (Wildman–Crippen LogP) is 3.92. The smallest absolute Gasteiger partial charge is 0.130 e. The van der Waals surface area contributed by atoms with E-state index >= 15 is 0 Å². The Balaban J connectivity index is 2.04. The predicted molar refractivity (Wildman–Crippen MR) is 83.6 cm³/mol. The Kier molecular flexibility index (Phi) is 3.95. The highest BCUT2D eigenvalue weighted by Gasteiger charge is 2.22. The van der Waals surface area contributed by atoms with Gasteiger partial charge >= 0.3 is 0 Å². The van der Waals surface area contributed by atoms with Crippen molar-refractivity contribution in [1.29, 1.82) is 0 Å². The molecule has 2 aromatic rings. The molecule has 0 aliphatic carbocycles. The van der Waals surface area contributed by atoms with Crippen LogP contribution in [0.25, 0.3) is 11.1 Å². The van der Waals surface area contributed by atoms with Crippen LogP contribution in [0.1, 0.15) is 12.0 Å². The fourth-order valence-corrected chi connectivity index (χ4v) is 2.96. The minimum Gasteiger partial charge on any atom is -0.488 e. The summed E-state index contributed by atoms with van der Waals surface area (Å²) in [6, 6.07) is 14.2. The van der Waals surface area contributed by atoms with E-state index in [0.29, 0.717) is 0 Å². The van der Waals surface area contributed by atoms with E-state index in [4.69, 9.17) is 16.3 Å². The molecule has 1 aliphatic rings. The largest absolute Gasteiger partial charge is 0.488 e. The lowest BCUT2D eigenvalue weighted by molar-refractivity contribution is 0.174. The lowest BCUT2D eigenvalue weighted by atomic mass is 9.95. The molecule has 1 aliphatic heterocycles. The van der Waals surface area contributed by atoms with Gasteiger partial charge in [-0.2, -0.15) is 0 Å². The molecule has 0 aromatic heterocycles. The SMILES string of the molecule is CNC[C@@H]1CCc2cccc(-c3ccccc3Cl)c2O1. The van der Waals surface area contributed by atoms with Gasteiger partial charge in [0.25, 0.3) is 0 Å². The third-order valence-corrected chi connectivity index (χ3v) is 4.04. The molecular weight excluding hydrogens is 270 g/mol. The lowest BCUT2D eigenvalue weighted by Gasteiger charge is -2.28. The fraction of sp³-hybridized carbons (Fsp3) is 0.294. The van der Waals surface area contributed by atoms with Gasteiger partial charge in [-0.25, -0.2) is 0 Å². The number of fused-ring (bicyclic) bond motifs is 1. The standard InChI is InChI=1S/C17H18ClNO/c1-19-11-13-10-9-12-5-4-7-15(17(12)20-13)14-6-2-3-8-16(14)18/h2-8,13,19H,9-11H2,1H3/t13-/m0/s1. The van der Waals surface area contributed by atoms with Gasteiger partial charge in [0.2, 0.25) is 0 Å². The van der Waals surface area contributed by atoms with Gasteiger partial charge in [0.15, 0.2) is 0 Å². The Morgan fingerprint density at radius 1 is 1.15 bits per heavy atom. The van der Waals surface area contributed by atoms with Crippen LogP contribution in [0.2, 0.25) is 5.02 Å². The number of para-hydroxylation sites is 1. The highest BCUT2D eigenvalue weighted by atomic mass is 35.5. The van der Waals surface area contributed by atoms with Crippen molar-refractivity contribution in [1.82, 2.24) is 5.32 Å². The summed E-state index contributed by atoms with van der Waals surface area (Å²) in [5.41, 5.74) is 3.40. The van der Waals surface area contributed by atoms with Crippen LogP contribution in [-0.2, 0) is 6.42 Å². The third kappa shape index (κ3) is 2.54. The van der Waals surface area contributed by atoms with Gasteiger partial charge in [0, 0.05) is 22.7 Å². The third-order valence-electron chi connectivity index (χ3n) is 3.71.